The number of nitrogens with zero attached hydrogens (tertiary/aromatic N) is 1. The Morgan fingerprint density at radius 2 is 2.07 bits per heavy atom. The zero-order chi connectivity index (χ0) is 10.3. The largest absolute Gasteiger partial charge is 0.397 e. The van der Waals surface area contributed by atoms with Crippen LogP contribution >= 0.6 is 0 Å². The van der Waals surface area contributed by atoms with Gasteiger partial charge in [0.25, 0.3) is 0 Å². The summed E-state index contributed by atoms with van der Waals surface area (Å²) < 4.78 is 0. The van der Waals surface area contributed by atoms with Crippen molar-refractivity contribution in [1.29, 1.82) is 0 Å². The van der Waals surface area contributed by atoms with Crippen molar-refractivity contribution in [3.63, 3.8) is 0 Å². The van der Waals surface area contributed by atoms with Crippen molar-refractivity contribution < 1.29 is 0 Å². The normalized spacial score (nSPS) is 10.7. The van der Waals surface area contributed by atoms with E-state index >= 15 is 0 Å². The second-order valence-electron chi connectivity index (χ2n) is 3.32. The molecule has 0 saturated carbocycles. The molecule has 0 fully saturated rings. The van der Waals surface area contributed by atoms with Gasteiger partial charge < -0.3 is 10.7 Å². The number of aromatic nitrogens is 2. The Labute approximate surface area is 80.8 Å². The average Bonchev–Trinajstić information content (AvgIpc) is 2.14. The maximum Gasteiger partial charge on any atom is 0.249 e. The molecule has 0 aromatic carbocycles. The minimum absolute atomic E-state index is 0.145. The fourth-order valence-corrected chi connectivity index (χ4v) is 1.50. The summed E-state index contributed by atoms with van der Waals surface area (Å²) in [6.45, 7) is 3.75. The molecule has 2 aromatic rings. The van der Waals surface area contributed by atoms with Crippen LogP contribution in [0.15, 0.2) is 16.9 Å². The highest BCUT2D eigenvalue weighted by atomic mass is 16.1. The molecule has 0 spiro atoms. The molecule has 4 heteroatoms. The molecule has 0 radical (unpaired) electrons. The molecule has 2 heterocycles. The summed E-state index contributed by atoms with van der Waals surface area (Å²) in [6, 6.07) is 3.22. The number of nitrogens with two attached hydrogens (primary N) is 1. The van der Waals surface area contributed by atoms with Gasteiger partial charge in [0.05, 0.1) is 11.4 Å². The van der Waals surface area contributed by atoms with Gasteiger partial charge in [-0.3, -0.25) is 4.79 Å². The van der Waals surface area contributed by atoms with E-state index in [1.54, 1.807) is 6.07 Å². The highest BCUT2D eigenvalue weighted by Gasteiger charge is 2.05. The van der Waals surface area contributed by atoms with Gasteiger partial charge in [-0.05, 0) is 25.5 Å². The molecule has 4 nitrogen and oxygen atoms in total. The Morgan fingerprint density at radius 1 is 1.36 bits per heavy atom. The fraction of sp³-hybridized carbons (Fsp3) is 0.200. The summed E-state index contributed by atoms with van der Waals surface area (Å²) in [6.07, 6.45) is 0. The third-order valence-electron chi connectivity index (χ3n) is 2.38. The first-order valence-electron chi connectivity index (χ1n) is 4.35. The SMILES string of the molecule is Cc1nc2[nH]c(=O)ccc2c(C)c1N. The Hall–Kier alpha value is -1.84. The molecule has 0 aliphatic rings. The second-order valence-corrected chi connectivity index (χ2v) is 3.32. The maximum absolute atomic E-state index is 11.1. The van der Waals surface area contributed by atoms with Crippen LogP contribution in [0, 0.1) is 13.8 Å². The van der Waals surface area contributed by atoms with E-state index in [9.17, 15) is 4.79 Å². The van der Waals surface area contributed by atoms with Gasteiger partial charge in [0.1, 0.15) is 5.65 Å². The van der Waals surface area contributed by atoms with Crippen LogP contribution in [0.3, 0.4) is 0 Å². The summed E-state index contributed by atoms with van der Waals surface area (Å²) in [5.41, 5.74) is 8.68. The van der Waals surface area contributed by atoms with Gasteiger partial charge >= 0.3 is 0 Å². The van der Waals surface area contributed by atoms with Crippen LogP contribution in [0.25, 0.3) is 11.0 Å². The molecular weight excluding hydrogens is 178 g/mol. The molecule has 0 unspecified atom stereocenters. The van der Waals surface area contributed by atoms with E-state index < -0.39 is 0 Å². The van der Waals surface area contributed by atoms with Gasteiger partial charge in [0.2, 0.25) is 5.56 Å². The van der Waals surface area contributed by atoms with Gasteiger partial charge in [-0.2, -0.15) is 0 Å². The maximum atomic E-state index is 11.1. The number of pyridine rings is 2. The minimum atomic E-state index is -0.145. The van der Waals surface area contributed by atoms with Gasteiger partial charge in [0.15, 0.2) is 0 Å². The predicted octanol–water partition coefficient (Wildman–Crippen LogP) is 1.12. The van der Waals surface area contributed by atoms with E-state index in [0.717, 1.165) is 16.6 Å². The van der Waals surface area contributed by atoms with Crippen molar-refractivity contribution in [1.82, 2.24) is 9.97 Å². The van der Waals surface area contributed by atoms with Crippen molar-refractivity contribution in [2.24, 2.45) is 0 Å². The van der Waals surface area contributed by atoms with Gasteiger partial charge in [-0.25, -0.2) is 4.98 Å². The van der Waals surface area contributed by atoms with Crippen LogP contribution in [0.2, 0.25) is 0 Å². The first kappa shape index (κ1) is 8.74. The third-order valence-corrected chi connectivity index (χ3v) is 2.38. The first-order chi connectivity index (χ1) is 6.59. The highest BCUT2D eigenvalue weighted by Crippen LogP contribution is 2.21. The van der Waals surface area contributed by atoms with Gasteiger partial charge in [-0.1, -0.05) is 0 Å². The van der Waals surface area contributed by atoms with Crippen molar-refractivity contribution in [3.8, 4) is 0 Å². The molecule has 3 N–H and O–H groups in total. The number of hydrogen-bond acceptors (Lipinski definition) is 3. The lowest BCUT2D eigenvalue weighted by Gasteiger charge is -2.06. The first-order valence-corrected chi connectivity index (χ1v) is 4.35. The fourth-order valence-electron chi connectivity index (χ4n) is 1.50. The second kappa shape index (κ2) is 2.83. The average molecular weight is 189 g/mol. The molecule has 72 valence electrons. The van der Waals surface area contributed by atoms with E-state index in [4.69, 9.17) is 5.73 Å². The number of nitrogens with one attached hydrogen (secondary N) is 1. The molecule has 0 aliphatic carbocycles. The van der Waals surface area contributed by atoms with E-state index in [1.807, 2.05) is 13.8 Å². The highest BCUT2D eigenvalue weighted by molar-refractivity contribution is 5.83. The molecule has 2 aromatic heterocycles. The van der Waals surface area contributed by atoms with Crippen LogP contribution < -0.4 is 11.3 Å². The van der Waals surface area contributed by atoms with Crippen molar-refractivity contribution in [3.05, 3.63) is 33.7 Å². The van der Waals surface area contributed by atoms with Crippen molar-refractivity contribution >= 4 is 16.7 Å². The lowest BCUT2D eigenvalue weighted by Crippen LogP contribution is -2.06. The molecular formula is C10H11N3O. The number of aromatic amines is 1. The molecule has 0 amide bonds. The van der Waals surface area contributed by atoms with Crippen LogP contribution in [0.4, 0.5) is 5.69 Å². The zero-order valence-corrected chi connectivity index (χ0v) is 8.09. The van der Waals surface area contributed by atoms with Crippen LogP contribution in [-0.4, -0.2) is 9.97 Å². The molecule has 0 saturated heterocycles. The van der Waals surface area contributed by atoms with E-state index in [0.29, 0.717) is 11.3 Å². The summed E-state index contributed by atoms with van der Waals surface area (Å²) in [4.78, 5) is 18.0. The Bertz CT molecular complexity index is 557. The topological polar surface area (TPSA) is 71.8 Å². The summed E-state index contributed by atoms with van der Waals surface area (Å²) >= 11 is 0. The van der Waals surface area contributed by atoms with Crippen LogP contribution in [0.5, 0.6) is 0 Å². The third kappa shape index (κ3) is 1.16. The Kier molecular flexibility index (Phi) is 1.77. The number of rotatable bonds is 0. The number of hydrogen-bond donors (Lipinski definition) is 2. The van der Waals surface area contributed by atoms with E-state index in [1.165, 1.54) is 6.07 Å². The number of H-pyrrole nitrogens is 1. The lowest BCUT2D eigenvalue weighted by molar-refractivity contribution is 1.17. The molecule has 0 atom stereocenters. The van der Waals surface area contributed by atoms with E-state index in [-0.39, 0.29) is 5.56 Å². The van der Waals surface area contributed by atoms with Crippen LogP contribution in [0.1, 0.15) is 11.3 Å². The zero-order valence-electron chi connectivity index (χ0n) is 8.09. The molecule has 0 bridgehead atoms. The number of aryl methyl sites for hydroxylation is 2. The molecule has 0 aliphatic heterocycles. The minimum Gasteiger partial charge on any atom is -0.397 e. The number of nitrogen functional groups attached to an aromatic ring is 1. The van der Waals surface area contributed by atoms with Crippen molar-refractivity contribution in [2.45, 2.75) is 13.8 Å². The number of fused-ring (bicyclic) bond motifs is 1. The van der Waals surface area contributed by atoms with E-state index in [2.05, 4.69) is 9.97 Å². The summed E-state index contributed by atoms with van der Waals surface area (Å²) in [5, 5.41) is 0.896. The molecule has 2 rings (SSSR count). The smallest absolute Gasteiger partial charge is 0.249 e. The number of anilines is 1. The predicted molar refractivity (Wildman–Crippen MR) is 56.3 cm³/mol. The Balaban J connectivity index is 2.98. The monoisotopic (exact) mass is 189 g/mol. The lowest BCUT2D eigenvalue weighted by atomic mass is 10.1. The molecule has 14 heavy (non-hydrogen) atoms. The van der Waals surface area contributed by atoms with Crippen molar-refractivity contribution in [2.75, 3.05) is 5.73 Å². The van der Waals surface area contributed by atoms with Crippen LogP contribution in [-0.2, 0) is 0 Å². The standard InChI is InChI=1S/C10H11N3O/c1-5-7-3-4-8(14)13-10(7)12-6(2)9(5)11/h3-4H,11H2,1-2H3,(H,12,13,14). The van der Waals surface area contributed by atoms with Gasteiger partial charge in [-0.15, -0.1) is 0 Å². The Morgan fingerprint density at radius 3 is 2.79 bits per heavy atom. The summed E-state index contributed by atoms with van der Waals surface area (Å²) in [7, 11) is 0. The quantitative estimate of drug-likeness (QED) is 0.652. The summed E-state index contributed by atoms with van der Waals surface area (Å²) in [5.74, 6) is 0. The van der Waals surface area contributed by atoms with Gasteiger partial charge in [0, 0.05) is 11.5 Å².